The first-order valence-electron chi connectivity index (χ1n) is 7.34. The largest absolute Gasteiger partial charge is 0.486 e. The summed E-state index contributed by atoms with van der Waals surface area (Å²) >= 11 is 3.24. The fourth-order valence-corrected chi connectivity index (χ4v) is 3.37. The van der Waals surface area contributed by atoms with Crippen LogP contribution in [0.4, 0.5) is 0 Å². The number of ether oxygens (including phenoxy) is 2. The summed E-state index contributed by atoms with van der Waals surface area (Å²) in [5.74, 6) is 0.800. The Hall–Kier alpha value is -2.10. The van der Waals surface area contributed by atoms with Gasteiger partial charge in [-0.15, -0.1) is 0 Å². The number of primary sulfonamides is 1. The number of halogens is 1. The Morgan fingerprint density at radius 3 is 2.72 bits per heavy atom. The number of benzene rings is 2. The minimum Gasteiger partial charge on any atom is -0.486 e. The van der Waals surface area contributed by atoms with Crippen molar-refractivity contribution in [1.29, 1.82) is 0 Å². The molecule has 1 heterocycles. The second-order valence-electron chi connectivity index (χ2n) is 5.31. The molecule has 0 radical (unpaired) electrons. The number of hydrogen-bond donors (Lipinski definition) is 2. The quantitative estimate of drug-likeness (QED) is 0.774. The normalized spacial score (nSPS) is 13.4. The van der Waals surface area contributed by atoms with Crippen molar-refractivity contribution in [3.8, 4) is 11.5 Å². The summed E-state index contributed by atoms with van der Waals surface area (Å²) in [5, 5.41) is 7.86. The first kappa shape index (κ1) is 17.7. The Kier molecular flexibility index (Phi) is 4.98. The number of carbonyl (C=O) groups is 1. The van der Waals surface area contributed by atoms with Crippen LogP contribution in [0.1, 0.15) is 15.9 Å². The molecule has 25 heavy (non-hydrogen) atoms. The fourth-order valence-electron chi connectivity index (χ4n) is 2.40. The summed E-state index contributed by atoms with van der Waals surface area (Å²) < 4.78 is 34.5. The molecule has 0 bridgehead atoms. The molecule has 0 fully saturated rings. The molecule has 9 heteroatoms. The van der Waals surface area contributed by atoms with Crippen LogP contribution in [0.25, 0.3) is 0 Å². The fraction of sp³-hybridized carbons (Fsp3) is 0.188. The van der Waals surface area contributed by atoms with Crippen LogP contribution in [0.5, 0.6) is 11.5 Å². The summed E-state index contributed by atoms with van der Waals surface area (Å²) in [6.45, 7) is 1.13. The number of hydrogen-bond acceptors (Lipinski definition) is 5. The third-order valence-electron chi connectivity index (χ3n) is 3.60. The number of nitrogens with two attached hydrogens (primary N) is 1. The Balaban J connectivity index is 1.80. The molecule has 1 aliphatic rings. The monoisotopic (exact) mass is 426 g/mol. The molecule has 1 aliphatic heterocycles. The highest BCUT2D eigenvalue weighted by atomic mass is 79.9. The molecule has 0 spiro atoms. The van der Waals surface area contributed by atoms with Crippen LogP contribution in [0.2, 0.25) is 0 Å². The number of para-hydroxylation sites is 1. The molecule has 0 saturated heterocycles. The van der Waals surface area contributed by atoms with Crippen LogP contribution in [0.15, 0.2) is 45.8 Å². The van der Waals surface area contributed by atoms with E-state index in [-0.39, 0.29) is 17.0 Å². The lowest BCUT2D eigenvalue weighted by molar-refractivity contribution is 0.0949. The Labute approximate surface area is 153 Å². The van der Waals surface area contributed by atoms with E-state index in [0.29, 0.717) is 29.2 Å². The van der Waals surface area contributed by atoms with E-state index in [1.165, 1.54) is 18.2 Å². The van der Waals surface area contributed by atoms with E-state index < -0.39 is 15.9 Å². The molecule has 0 unspecified atom stereocenters. The Morgan fingerprint density at radius 1 is 1.20 bits per heavy atom. The minimum atomic E-state index is -3.89. The number of rotatable bonds is 4. The maximum Gasteiger partial charge on any atom is 0.252 e. The van der Waals surface area contributed by atoms with Crippen molar-refractivity contribution < 1.29 is 22.7 Å². The van der Waals surface area contributed by atoms with Crippen molar-refractivity contribution in [3.05, 3.63) is 52.0 Å². The van der Waals surface area contributed by atoms with Crippen molar-refractivity contribution in [2.75, 3.05) is 13.2 Å². The van der Waals surface area contributed by atoms with Crippen molar-refractivity contribution in [2.45, 2.75) is 11.4 Å². The van der Waals surface area contributed by atoms with Crippen molar-refractivity contribution in [1.82, 2.24) is 5.32 Å². The maximum atomic E-state index is 12.4. The van der Waals surface area contributed by atoms with E-state index in [4.69, 9.17) is 14.6 Å². The van der Waals surface area contributed by atoms with Crippen LogP contribution in [0, 0.1) is 0 Å². The van der Waals surface area contributed by atoms with Gasteiger partial charge < -0.3 is 14.8 Å². The topological polar surface area (TPSA) is 108 Å². The molecular formula is C16H15BrN2O5S. The first-order chi connectivity index (χ1) is 11.9. The molecule has 1 amide bonds. The molecule has 2 aromatic carbocycles. The van der Waals surface area contributed by atoms with Crippen LogP contribution in [-0.4, -0.2) is 27.5 Å². The van der Waals surface area contributed by atoms with Gasteiger partial charge in [0.1, 0.15) is 13.2 Å². The maximum absolute atomic E-state index is 12.4. The van der Waals surface area contributed by atoms with Gasteiger partial charge in [-0.3, -0.25) is 4.79 Å². The Bertz CT molecular complexity index is 930. The average Bonchev–Trinajstić information content (AvgIpc) is 2.59. The predicted octanol–water partition coefficient (Wildman–Crippen LogP) is 1.80. The second kappa shape index (κ2) is 7.03. The lowest BCUT2D eigenvalue weighted by Gasteiger charge is -2.21. The van der Waals surface area contributed by atoms with Gasteiger partial charge in [0.15, 0.2) is 11.5 Å². The van der Waals surface area contributed by atoms with Gasteiger partial charge >= 0.3 is 0 Å². The van der Waals surface area contributed by atoms with Crippen molar-refractivity contribution in [3.63, 3.8) is 0 Å². The third-order valence-corrected chi connectivity index (χ3v) is 5.20. The molecule has 0 saturated carbocycles. The van der Waals surface area contributed by atoms with E-state index in [1.54, 1.807) is 6.07 Å². The van der Waals surface area contributed by atoms with Gasteiger partial charge in [0.05, 0.1) is 10.5 Å². The van der Waals surface area contributed by atoms with E-state index in [0.717, 1.165) is 5.56 Å². The number of nitrogens with one attached hydrogen (secondary N) is 1. The Morgan fingerprint density at radius 2 is 1.96 bits per heavy atom. The summed E-state index contributed by atoms with van der Waals surface area (Å²) in [6.07, 6.45) is 0. The summed E-state index contributed by atoms with van der Waals surface area (Å²) in [7, 11) is -3.89. The lowest BCUT2D eigenvalue weighted by atomic mass is 10.1. The SMILES string of the molecule is NS(=O)(=O)c1ccc(Br)c(C(=O)NCc2cccc3c2OCCO3)c1. The highest BCUT2D eigenvalue weighted by Gasteiger charge is 2.18. The standard InChI is InChI=1S/C16H15BrN2O5S/c17-13-5-4-11(25(18,21)22)8-12(13)16(20)19-9-10-2-1-3-14-15(10)24-7-6-23-14/h1-5,8H,6-7,9H2,(H,19,20)(H2,18,21,22). The molecule has 132 valence electrons. The van der Waals surface area contributed by atoms with E-state index in [1.807, 2.05) is 12.1 Å². The van der Waals surface area contributed by atoms with Crippen molar-refractivity contribution >= 4 is 31.9 Å². The van der Waals surface area contributed by atoms with Crippen molar-refractivity contribution in [2.24, 2.45) is 5.14 Å². The summed E-state index contributed by atoms with van der Waals surface area (Å²) in [6, 6.07) is 9.46. The van der Waals surface area contributed by atoms with Crippen LogP contribution in [0.3, 0.4) is 0 Å². The molecule has 0 aliphatic carbocycles. The molecule has 3 rings (SSSR count). The molecular weight excluding hydrogens is 412 g/mol. The highest BCUT2D eigenvalue weighted by Crippen LogP contribution is 2.33. The predicted molar refractivity (Wildman–Crippen MR) is 94.1 cm³/mol. The van der Waals surface area contributed by atoms with Gasteiger partial charge in [-0.1, -0.05) is 12.1 Å². The molecule has 7 nitrogen and oxygen atoms in total. The van der Waals surface area contributed by atoms with Gasteiger partial charge in [-0.2, -0.15) is 0 Å². The van der Waals surface area contributed by atoms with Gasteiger partial charge in [-0.25, -0.2) is 13.6 Å². The first-order valence-corrected chi connectivity index (χ1v) is 9.68. The second-order valence-corrected chi connectivity index (χ2v) is 7.73. The summed E-state index contributed by atoms with van der Waals surface area (Å²) in [5.41, 5.74) is 0.942. The van der Waals surface area contributed by atoms with Gasteiger partial charge in [0.2, 0.25) is 10.0 Å². The molecule has 0 atom stereocenters. The number of fused-ring (bicyclic) bond motifs is 1. The van der Waals surface area contributed by atoms with E-state index in [9.17, 15) is 13.2 Å². The third kappa shape index (κ3) is 3.94. The molecule has 2 aromatic rings. The smallest absolute Gasteiger partial charge is 0.252 e. The molecule has 0 aromatic heterocycles. The lowest BCUT2D eigenvalue weighted by Crippen LogP contribution is -2.25. The summed E-state index contributed by atoms with van der Waals surface area (Å²) in [4.78, 5) is 12.3. The van der Waals surface area contributed by atoms with E-state index in [2.05, 4.69) is 21.2 Å². The van der Waals surface area contributed by atoms with E-state index >= 15 is 0 Å². The van der Waals surface area contributed by atoms with Crippen LogP contribution in [-0.2, 0) is 16.6 Å². The zero-order valence-electron chi connectivity index (χ0n) is 13.0. The van der Waals surface area contributed by atoms with Gasteiger partial charge in [0.25, 0.3) is 5.91 Å². The van der Waals surface area contributed by atoms with Crippen LogP contribution >= 0.6 is 15.9 Å². The average molecular weight is 427 g/mol. The highest BCUT2D eigenvalue weighted by molar-refractivity contribution is 9.10. The number of carbonyl (C=O) groups excluding carboxylic acids is 1. The number of amides is 1. The zero-order valence-corrected chi connectivity index (χ0v) is 15.4. The number of sulfonamides is 1. The van der Waals surface area contributed by atoms with Gasteiger partial charge in [0, 0.05) is 16.6 Å². The molecule has 3 N–H and O–H groups in total. The zero-order chi connectivity index (χ0) is 18.0. The van der Waals surface area contributed by atoms with Gasteiger partial charge in [-0.05, 0) is 40.2 Å². The minimum absolute atomic E-state index is 0.130. The van der Waals surface area contributed by atoms with Crippen LogP contribution < -0.4 is 19.9 Å².